The predicted octanol–water partition coefficient (Wildman–Crippen LogP) is 4.01. The third-order valence-electron chi connectivity index (χ3n) is 2.15. The molecule has 19 heavy (non-hydrogen) atoms. The molecular weight excluding hydrogens is 355 g/mol. The standard InChI is InChI=1S/C10H8ClNO2.Cl3OP/c11-7-2-1-6-3-8(13)5-12-10(14)9(6)4-7;1-5(2,3)4/h1-2,4H,3,5H2,(H,12,14);. The van der Waals surface area contributed by atoms with Crippen LogP contribution in [0.1, 0.15) is 15.9 Å². The topological polar surface area (TPSA) is 63.2 Å². The highest BCUT2D eigenvalue weighted by Crippen LogP contribution is 2.61. The summed E-state index contributed by atoms with van der Waals surface area (Å²) in [6.45, 7) is 0.102. The molecule has 1 amide bonds. The summed E-state index contributed by atoms with van der Waals surface area (Å²) in [6, 6.07) is 5.00. The van der Waals surface area contributed by atoms with Crippen LogP contribution in [0.2, 0.25) is 5.02 Å². The third-order valence-corrected chi connectivity index (χ3v) is 2.39. The number of halogens is 4. The summed E-state index contributed by atoms with van der Waals surface area (Å²) in [4.78, 5) is 22.7. The average Bonchev–Trinajstić information content (AvgIpc) is 2.38. The van der Waals surface area contributed by atoms with E-state index in [4.69, 9.17) is 11.6 Å². The second kappa shape index (κ2) is 6.96. The number of fused-ring (bicyclic) bond motifs is 1. The Kier molecular flexibility index (Phi) is 6.15. The van der Waals surface area contributed by atoms with Gasteiger partial charge in [-0.1, -0.05) is 17.7 Å². The Morgan fingerprint density at radius 3 is 2.32 bits per heavy atom. The summed E-state index contributed by atoms with van der Waals surface area (Å²) in [6.07, 6.45) is 0.297. The Balaban J connectivity index is 0.000000312. The van der Waals surface area contributed by atoms with Gasteiger partial charge in [0.25, 0.3) is 5.91 Å². The van der Waals surface area contributed by atoms with E-state index in [1.54, 1.807) is 18.2 Å². The van der Waals surface area contributed by atoms with Gasteiger partial charge in [-0.05, 0) is 51.4 Å². The zero-order chi connectivity index (χ0) is 14.6. The van der Waals surface area contributed by atoms with Gasteiger partial charge in [0.15, 0.2) is 5.78 Å². The van der Waals surface area contributed by atoms with Crippen molar-refractivity contribution in [3.05, 3.63) is 34.3 Å². The molecule has 0 bridgehead atoms. The van der Waals surface area contributed by atoms with Gasteiger partial charge in [0.05, 0.1) is 6.54 Å². The van der Waals surface area contributed by atoms with Crippen molar-refractivity contribution in [1.82, 2.24) is 5.32 Å². The number of carbonyl (C=O) groups excluding carboxylic acids is 2. The van der Waals surface area contributed by atoms with Crippen LogP contribution >= 0.6 is 50.5 Å². The van der Waals surface area contributed by atoms with Crippen molar-refractivity contribution in [3.63, 3.8) is 0 Å². The van der Waals surface area contributed by atoms with Crippen molar-refractivity contribution in [2.24, 2.45) is 0 Å². The van der Waals surface area contributed by atoms with Crippen LogP contribution in [0.15, 0.2) is 18.2 Å². The van der Waals surface area contributed by atoms with Crippen molar-refractivity contribution < 1.29 is 14.2 Å². The van der Waals surface area contributed by atoms with Crippen LogP contribution < -0.4 is 5.32 Å². The van der Waals surface area contributed by atoms with Gasteiger partial charge in [-0.15, -0.1) is 0 Å². The number of hydrogen-bond acceptors (Lipinski definition) is 3. The lowest BCUT2D eigenvalue weighted by atomic mass is 10.0. The van der Waals surface area contributed by atoms with Crippen LogP contribution in [0.3, 0.4) is 0 Å². The molecule has 1 aromatic rings. The lowest BCUT2D eigenvalue weighted by Gasteiger charge is -2.03. The van der Waals surface area contributed by atoms with Gasteiger partial charge in [0.1, 0.15) is 0 Å². The molecule has 1 N–H and O–H groups in total. The summed E-state index contributed by atoms with van der Waals surface area (Å²) in [5.74, 6) is -0.215. The SMILES string of the molecule is O=C1CNC(=O)c2cc(Cl)ccc2C1.O=P(Cl)(Cl)Cl. The Morgan fingerprint density at radius 1 is 1.16 bits per heavy atom. The molecule has 0 unspecified atom stereocenters. The molecule has 0 atom stereocenters. The second-order valence-electron chi connectivity index (χ2n) is 3.60. The highest BCUT2D eigenvalue weighted by molar-refractivity contribution is 8.24. The van der Waals surface area contributed by atoms with Gasteiger partial charge >= 0.3 is 5.20 Å². The number of hydrogen-bond donors (Lipinski definition) is 1. The highest BCUT2D eigenvalue weighted by Gasteiger charge is 2.19. The molecular formula is C10H8Cl4NO3P. The van der Waals surface area contributed by atoms with Crippen molar-refractivity contribution in [2.75, 3.05) is 6.54 Å². The largest absolute Gasteiger partial charge is 0.345 e. The fourth-order valence-corrected chi connectivity index (χ4v) is 1.64. The molecule has 0 aromatic heterocycles. The Hall–Kier alpha value is -0.250. The van der Waals surface area contributed by atoms with Crippen LogP contribution in [-0.4, -0.2) is 18.2 Å². The maximum atomic E-state index is 11.5. The van der Waals surface area contributed by atoms with E-state index in [-0.39, 0.29) is 18.2 Å². The second-order valence-corrected chi connectivity index (χ2v) is 10.7. The fourth-order valence-electron chi connectivity index (χ4n) is 1.46. The van der Waals surface area contributed by atoms with Gasteiger partial charge in [-0.2, -0.15) is 0 Å². The molecule has 1 aromatic carbocycles. The minimum absolute atomic E-state index is 0.0134. The predicted molar refractivity (Wildman–Crippen MR) is 77.7 cm³/mol. The summed E-state index contributed by atoms with van der Waals surface area (Å²) in [5.41, 5.74) is 1.25. The minimum atomic E-state index is -3.22. The molecule has 0 aliphatic carbocycles. The molecule has 4 nitrogen and oxygen atoms in total. The number of benzene rings is 1. The first-order valence-electron chi connectivity index (χ1n) is 4.94. The van der Waals surface area contributed by atoms with E-state index in [0.717, 1.165) is 5.56 Å². The van der Waals surface area contributed by atoms with Gasteiger partial charge < -0.3 is 5.32 Å². The van der Waals surface area contributed by atoms with E-state index >= 15 is 0 Å². The van der Waals surface area contributed by atoms with Crippen LogP contribution in [-0.2, 0) is 15.8 Å². The van der Waals surface area contributed by atoms with E-state index in [1.807, 2.05) is 0 Å². The monoisotopic (exact) mass is 361 g/mol. The smallest absolute Gasteiger partial charge is 0.339 e. The van der Waals surface area contributed by atoms with Gasteiger partial charge in [-0.25, -0.2) is 0 Å². The Bertz CT molecular complexity index is 549. The zero-order valence-electron chi connectivity index (χ0n) is 9.33. The molecule has 0 saturated carbocycles. The Labute approximate surface area is 129 Å². The summed E-state index contributed by atoms with van der Waals surface area (Å²) < 4.78 is 9.51. The first-order chi connectivity index (χ1) is 8.66. The Morgan fingerprint density at radius 2 is 1.74 bits per heavy atom. The normalized spacial score (nSPS) is 14.7. The van der Waals surface area contributed by atoms with E-state index in [0.29, 0.717) is 17.0 Å². The van der Waals surface area contributed by atoms with Crippen molar-refractivity contribution in [2.45, 2.75) is 6.42 Å². The van der Waals surface area contributed by atoms with Gasteiger partial charge in [0, 0.05) is 17.0 Å². The third kappa shape index (κ3) is 6.64. The van der Waals surface area contributed by atoms with E-state index < -0.39 is 5.20 Å². The molecule has 1 heterocycles. The molecule has 2 rings (SSSR count). The van der Waals surface area contributed by atoms with Crippen LogP contribution in [0.5, 0.6) is 0 Å². The molecule has 104 valence electrons. The summed E-state index contributed by atoms with van der Waals surface area (Å²) in [5, 5.41) is -0.184. The molecule has 9 heteroatoms. The zero-order valence-corrected chi connectivity index (χ0v) is 13.2. The summed E-state index contributed by atoms with van der Waals surface area (Å²) >= 11 is 19.6. The molecule has 1 aliphatic rings. The lowest BCUT2D eigenvalue weighted by molar-refractivity contribution is -0.117. The van der Waals surface area contributed by atoms with Crippen LogP contribution in [0.25, 0.3) is 0 Å². The number of amides is 1. The van der Waals surface area contributed by atoms with Gasteiger partial charge in [-0.3, -0.25) is 14.2 Å². The fraction of sp³-hybridized carbons (Fsp3) is 0.200. The first kappa shape index (κ1) is 16.8. The molecule has 0 saturated heterocycles. The van der Waals surface area contributed by atoms with Crippen LogP contribution in [0.4, 0.5) is 0 Å². The summed E-state index contributed by atoms with van der Waals surface area (Å²) in [7, 11) is 0. The van der Waals surface area contributed by atoms with Crippen molar-refractivity contribution >= 4 is 62.2 Å². The van der Waals surface area contributed by atoms with Gasteiger partial charge in [0.2, 0.25) is 0 Å². The minimum Gasteiger partial charge on any atom is -0.345 e. The van der Waals surface area contributed by atoms with E-state index in [1.165, 1.54) is 0 Å². The quantitative estimate of drug-likeness (QED) is 0.709. The molecule has 0 radical (unpaired) electrons. The number of nitrogens with one attached hydrogen (secondary N) is 1. The number of carbonyl (C=O) groups is 2. The van der Waals surface area contributed by atoms with Crippen molar-refractivity contribution in [3.8, 4) is 0 Å². The average molecular weight is 363 g/mol. The number of rotatable bonds is 0. The van der Waals surface area contributed by atoms with Crippen LogP contribution in [0, 0.1) is 0 Å². The maximum Gasteiger partial charge on any atom is 0.339 e. The molecule has 1 aliphatic heterocycles. The van der Waals surface area contributed by atoms with E-state index in [2.05, 4.69) is 39.0 Å². The lowest BCUT2D eigenvalue weighted by Crippen LogP contribution is -2.26. The first-order valence-corrected chi connectivity index (χ1v) is 9.74. The maximum absolute atomic E-state index is 11.5. The van der Waals surface area contributed by atoms with Crippen molar-refractivity contribution in [1.29, 1.82) is 0 Å². The molecule has 0 fully saturated rings. The number of Topliss-reactive ketones (excluding diaryl/α,β-unsaturated/α-hetero) is 1. The van der Waals surface area contributed by atoms with E-state index in [9.17, 15) is 14.2 Å². The highest BCUT2D eigenvalue weighted by atomic mass is 36.0. The number of ketones is 1. The molecule has 0 spiro atoms.